The molecule has 0 radical (unpaired) electrons. The number of benzene rings is 1. The highest BCUT2D eigenvalue weighted by atomic mass is 16.6. The smallest absolute Gasteiger partial charge is 0.269 e. The molecule has 1 aliphatic rings. The fourth-order valence-electron chi connectivity index (χ4n) is 2.91. The van der Waals surface area contributed by atoms with Crippen LogP contribution < -0.4 is 5.73 Å². The van der Waals surface area contributed by atoms with Gasteiger partial charge >= 0.3 is 0 Å². The maximum atomic E-state index is 10.8. The van der Waals surface area contributed by atoms with E-state index in [0.29, 0.717) is 11.6 Å². The number of nitrogen functional groups attached to an aromatic ring is 1. The van der Waals surface area contributed by atoms with Gasteiger partial charge in [0.1, 0.15) is 0 Å². The van der Waals surface area contributed by atoms with Gasteiger partial charge < -0.3 is 5.73 Å². The lowest BCUT2D eigenvalue weighted by Gasteiger charge is -2.28. The van der Waals surface area contributed by atoms with Gasteiger partial charge in [0.25, 0.3) is 5.69 Å². The molecule has 0 saturated heterocycles. The van der Waals surface area contributed by atoms with E-state index in [-0.39, 0.29) is 10.6 Å². The van der Waals surface area contributed by atoms with Crippen LogP contribution in [-0.4, -0.2) is 4.92 Å². The van der Waals surface area contributed by atoms with Crippen molar-refractivity contribution in [3.8, 4) is 0 Å². The van der Waals surface area contributed by atoms with E-state index < -0.39 is 0 Å². The molecule has 1 fully saturated rings. The number of hydrogen-bond acceptors (Lipinski definition) is 3. The van der Waals surface area contributed by atoms with Crippen molar-refractivity contribution in [3.05, 3.63) is 33.9 Å². The van der Waals surface area contributed by atoms with Crippen molar-refractivity contribution in [2.75, 3.05) is 5.73 Å². The molecule has 1 aromatic rings. The van der Waals surface area contributed by atoms with Crippen LogP contribution in [-0.2, 0) is 0 Å². The number of rotatable bonds is 3. The second-order valence-electron chi connectivity index (χ2n) is 5.20. The summed E-state index contributed by atoms with van der Waals surface area (Å²) in [6.07, 6.45) is 5.86. The van der Waals surface area contributed by atoms with Crippen molar-refractivity contribution in [2.45, 2.75) is 44.9 Å². The number of anilines is 1. The molecule has 1 saturated carbocycles. The van der Waals surface area contributed by atoms with Gasteiger partial charge in [-0.25, -0.2) is 0 Å². The van der Waals surface area contributed by atoms with E-state index >= 15 is 0 Å². The Morgan fingerprint density at radius 3 is 2.56 bits per heavy atom. The largest absolute Gasteiger partial charge is 0.398 e. The fourth-order valence-corrected chi connectivity index (χ4v) is 2.91. The maximum absolute atomic E-state index is 10.8. The highest BCUT2D eigenvalue weighted by Crippen LogP contribution is 2.39. The van der Waals surface area contributed by atoms with E-state index in [1.165, 1.54) is 25.3 Å². The number of nitro benzene ring substituents is 1. The number of nitrogens with zero attached hydrogens (tertiary/aromatic N) is 1. The molecule has 0 bridgehead atoms. The Labute approximate surface area is 107 Å². The molecule has 0 atom stereocenters. The van der Waals surface area contributed by atoms with Crippen molar-refractivity contribution in [1.82, 2.24) is 0 Å². The fraction of sp³-hybridized carbons (Fsp3) is 0.571. The van der Waals surface area contributed by atoms with Gasteiger partial charge in [0.2, 0.25) is 0 Å². The van der Waals surface area contributed by atoms with E-state index in [9.17, 15) is 10.1 Å². The Morgan fingerprint density at radius 1 is 1.33 bits per heavy atom. The minimum atomic E-state index is -0.347. The summed E-state index contributed by atoms with van der Waals surface area (Å²) in [5.41, 5.74) is 7.78. The van der Waals surface area contributed by atoms with Gasteiger partial charge in [-0.15, -0.1) is 0 Å². The summed E-state index contributed by atoms with van der Waals surface area (Å²) in [6, 6.07) is 4.81. The molecule has 18 heavy (non-hydrogen) atoms. The zero-order valence-corrected chi connectivity index (χ0v) is 10.8. The number of nitro groups is 1. The molecule has 2 N–H and O–H groups in total. The Morgan fingerprint density at radius 2 is 2.00 bits per heavy atom. The van der Waals surface area contributed by atoms with Gasteiger partial charge in [-0.1, -0.05) is 13.3 Å². The minimum Gasteiger partial charge on any atom is -0.398 e. The van der Waals surface area contributed by atoms with Crippen molar-refractivity contribution in [1.29, 1.82) is 0 Å². The summed E-state index contributed by atoms with van der Waals surface area (Å²) in [7, 11) is 0. The molecule has 1 aromatic carbocycles. The lowest BCUT2D eigenvalue weighted by molar-refractivity contribution is -0.384. The van der Waals surface area contributed by atoms with E-state index in [4.69, 9.17) is 5.73 Å². The first-order valence-electron chi connectivity index (χ1n) is 6.65. The number of hydrogen-bond donors (Lipinski definition) is 1. The summed E-state index contributed by atoms with van der Waals surface area (Å²) in [4.78, 5) is 10.5. The Hall–Kier alpha value is -1.58. The van der Waals surface area contributed by atoms with Crippen LogP contribution in [0.15, 0.2) is 18.2 Å². The predicted octanol–water partition coefficient (Wildman–Crippen LogP) is 3.86. The molecule has 0 heterocycles. The molecule has 4 nitrogen and oxygen atoms in total. The molecule has 98 valence electrons. The van der Waals surface area contributed by atoms with Crippen LogP contribution in [0.2, 0.25) is 0 Å². The average Bonchev–Trinajstić information content (AvgIpc) is 2.39. The second kappa shape index (κ2) is 5.38. The van der Waals surface area contributed by atoms with Crippen LogP contribution in [0.25, 0.3) is 0 Å². The van der Waals surface area contributed by atoms with Gasteiger partial charge in [-0.3, -0.25) is 10.1 Å². The van der Waals surface area contributed by atoms with Crippen LogP contribution >= 0.6 is 0 Å². The second-order valence-corrected chi connectivity index (χ2v) is 5.20. The van der Waals surface area contributed by atoms with Gasteiger partial charge in [-0.05, 0) is 49.1 Å². The first-order chi connectivity index (χ1) is 8.61. The van der Waals surface area contributed by atoms with Crippen LogP contribution in [0.5, 0.6) is 0 Å². The van der Waals surface area contributed by atoms with E-state index in [2.05, 4.69) is 6.92 Å². The quantitative estimate of drug-likeness (QED) is 0.501. The molecular formula is C14H20N2O2. The van der Waals surface area contributed by atoms with E-state index in [1.807, 2.05) is 0 Å². The molecule has 2 rings (SSSR count). The highest BCUT2D eigenvalue weighted by molar-refractivity contribution is 5.54. The van der Waals surface area contributed by atoms with Crippen molar-refractivity contribution >= 4 is 11.4 Å². The van der Waals surface area contributed by atoms with E-state index in [0.717, 1.165) is 24.3 Å². The SMILES string of the molecule is CCC1CCC(c2cc([N+](=O)[O-])ccc2N)CC1. The molecule has 0 spiro atoms. The third-order valence-electron chi connectivity index (χ3n) is 4.15. The first kappa shape index (κ1) is 12.9. The van der Waals surface area contributed by atoms with Crippen LogP contribution in [0, 0.1) is 16.0 Å². The summed E-state index contributed by atoms with van der Waals surface area (Å²) in [5, 5.41) is 10.8. The molecule has 0 amide bonds. The third kappa shape index (κ3) is 2.63. The third-order valence-corrected chi connectivity index (χ3v) is 4.15. The van der Waals surface area contributed by atoms with Crippen molar-refractivity contribution in [3.63, 3.8) is 0 Å². The van der Waals surface area contributed by atoms with Gasteiger partial charge in [0.05, 0.1) is 4.92 Å². The minimum absolute atomic E-state index is 0.150. The molecule has 0 aromatic heterocycles. The average molecular weight is 248 g/mol. The first-order valence-corrected chi connectivity index (χ1v) is 6.65. The lowest BCUT2D eigenvalue weighted by Crippen LogP contribution is -2.14. The molecule has 1 aliphatic carbocycles. The Bertz CT molecular complexity index is 437. The standard InChI is InChI=1S/C14H20N2O2/c1-2-10-3-5-11(6-4-10)13-9-12(16(17)18)7-8-14(13)15/h7-11H,2-6,15H2,1H3. The van der Waals surface area contributed by atoms with E-state index in [1.54, 1.807) is 12.1 Å². The zero-order valence-electron chi connectivity index (χ0n) is 10.8. The highest BCUT2D eigenvalue weighted by Gasteiger charge is 2.24. The van der Waals surface area contributed by atoms with Gasteiger partial charge in [-0.2, -0.15) is 0 Å². The van der Waals surface area contributed by atoms with Crippen LogP contribution in [0.1, 0.15) is 50.5 Å². The zero-order chi connectivity index (χ0) is 13.1. The normalized spacial score (nSPS) is 23.8. The number of nitrogens with two attached hydrogens (primary N) is 1. The predicted molar refractivity (Wildman–Crippen MR) is 72.5 cm³/mol. The van der Waals surface area contributed by atoms with Crippen molar-refractivity contribution < 1.29 is 4.92 Å². The summed E-state index contributed by atoms with van der Waals surface area (Å²) in [5.74, 6) is 1.22. The summed E-state index contributed by atoms with van der Waals surface area (Å²) < 4.78 is 0. The molecule has 4 heteroatoms. The van der Waals surface area contributed by atoms with Gasteiger partial charge in [0, 0.05) is 17.8 Å². The Kier molecular flexibility index (Phi) is 3.84. The Balaban J connectivity index is 2.18. The van der Waals surface area contributed by atoms with Crippen LogP contribution in [0.3, 0.4) is 0 Å². The topological polar surface area (TPSA) is 69.2 Å². The van der Waals surface area contributed by atoms with Crippen LogP contribution in [0.4, 0.5) is 11.4 Å². The summed E-state index contributed by atoms with van der Waals surface area (Å²) in [6.45, 7) is 2.23. The number of non-ortho nitro benzene ring substituents is 1. The summed E-state index contributed by atoms with van der Waals surface area (Å²) >= 11 is 0. The molecular weight excluding hydrogens is 228 g/mol. The molecule has 0 unspecified atom stereocenters. The monoisotopic (exact) mass is 248 g/mol. The van der Waals surface area contributed by atoms with Crippen molar-refractivity contribution in [2.24, 2.45) is 5.92 Å². The maximum Gasteiger partial charge on any atom is 0.269 e. The lowest BCUT2D eigenvalue weighted by atomic mass is 9.77. The molecule has 0 aliphatic heterocycles. The van der Waals surface area contributed by atoms with Gasteiger partial charge in [0.15, 0.2) is 0 Å².